The number of hydrogen-bond donors (Lipinski definition) is 2. The van der Waals surface area contributed by atoms with Crippen LogP contribution in [0.4, 0.5) is 23.1 Å². The van der Waals surface area contributed by atoms with Gasteiger partial charge in [-0.05, 0) is 43.7 Å². The highest BCUT2D eigenvalue weighted by Crippen LogP contribution is 2.29. The predicted octanol–water partition coefficient (Wildman–Crippen LogP) is 5.24. The summed E-state index contributed by atoms with van der Waals surface area (Å²) >= 11 is 6.20. The van der Waals surface area contributed by atoms with Gasteiger partial charge >= 0.3 is 0 Å². The van der Waals surface area contributed by atoms with Gasteiger partial charge in [0, 0.05) is 11.8 Å². The minimum atomic E-state index is 0.485. The van der Waals surface area contributed by atoms with E-state index in [0.29, 0.717) is 16.8 Å². The van der Waals surface area contributed by atoms with Crippen molar-refractivity contribution in [1.82, 2.24) is 9.97 Å². The van der Waals surface area contributed by atoms with Crippen LogP contribution < -0.4 is 15.4 Å². The average molecular weight is 355 g/mol. The van der Waals surface area contributed by atoms with Crippen LogP contribution in [-0.2, 0) is 0 Å². The van der Waals surface area contributed by atoms with E-state index in [1.807, 2.05) is 62.4 Å². The number of aromatic nitrogens is 2. The van der Waals surface area contributed by atoms with Crippen LogP contribution >= 0.6 is 11.6 Å². The lowest BCUT2D eigenvalue weighted by Gasteiger charge is -2.13. The van der Waals surface area contributed by atoms with Gasteiger partial charge in [0.25, 0.3) is 0 Å². The third kappa shape index (κ3) is 4.19. The van der Waals surface area contributed by atoms with Crippen molar-refractivity contribution in [3.8, 4) is 5.75 Å². The van der Waals surface area contributed by atoms with Crippen molar-refractivity contribution in [2.45, 2.75) is 13.8 Å². The molecular formula is C19H19ClN4O. The number of benzene rings is 2. The van der Waals surface area contributed by atoms with E-state index in [4.69, 9.17) is 16.3 Å². The molecule has 0 saturated heterocycles. The quantitative estimate of drug-likeness (QED) is 0.656. The number of halogens is 1. The number of hydrogen-bond acceptors (Lipinski definition) is 5. The second-order valence-electron chi connectivity index (χ2n) is 5.65. The van der Waals surface area contributed by atoms with Gasteiger partial charge in [-0.1, -0.05) is 29.8 Å². The maximum atomic E-state index is 6.20. The van der Waals surface area contributed by atoms with Crippen LogP contribution in [0.5, 0.6) is 5.75 Å². The van der Waals surface area contributed by atoms with Crippen molar-refractivity contribution in [1.29, 1.82) is 0 Å². The summed E-state index contributed by atoms with van der Waals surface area (Å²) in [5.74, 6) is 1.88. The van der Waals surface area contributed by atoms with E-state index in [2.05, 4.69) is 20.6 Å². The fourth-order valence-corrected chi connectivity index (χ4v) is 2.61. The Bertz CT molecular complexity index is 898. The van der Waals surface area contributed by atoms with Crippen LogP contribution in [0, 0.1) is 13.8 Å². The number of nitrogens with one attached hydrogen (secondary N) is 2. The third-order valence-electron chi connectivity index (χ3n) is 3.59. The Balaban J connectivity index is 1.90. The molecule has 0 atom stereocenters. The first-order chi connectivity index (χ1) is 12.0. The number of aryl methyl sites for hydroxylation is 2. The van der Waals surface area contributed by atoms with Gasteiger partial charge < -0.3 is 15.4 Å². The Morgan fingerprint density at radius 2 is 1.72 bits per heavy atom. The molecule has 0 saturated carbocycles. The molecule has 3 aromatic rings. The third-order valence-corrected chi connectivity index (χ3v) is 3.92. The highest BCUT2D eigenvalue weighted by Gasteiger charge is 2.08. The number of ether oxygens (including phenoxy) is 1. The van der Waals surface area contributed by atoms with Crippen molar-refractivity contribution in [2.75, 3.05) is 17.7 Å². The molecule has 25 heavy (non-hydrogen) atoms. The topological polar surface area (TPSA) is 59.1 Å². The zero-order chi connectivity index (χ0) is 17.8. The molecule has 1 aromatic heterocycles. The van der Waals surface area contributed by atoms with Crippen LogP contribution in [0.2, 0.25) is 5.02 Å². The molecule has 0 unspecified atom stereocenters. The molecular weight excluding hydrogens is 336 g/mol. The minimum absolute atomic E-state index is 0.485. The normalized spacial score (nSPS) is 10.4. The summed E-state index contributed by atoms with van der Waals surface area (Å²) in [4.78, 5) is 8.97. The molecule has 0 amide bonds. The van der Waals surface area contributed by atoms with Gasteiger partial charge in [-0.3, -0.25) is 0 Å². The van der Waals surface area contributed by atoms with Gasteiger partial charge in [-0.2, -0.15) is 4.98 Å². The fourth-order valence-electron chi connectivity index (χ4n) is 2.43. The largest absolute Gasteiger partial charge is 0.495 e. The molecule has 5 nitrogen and oxygen atoms in total. The first-order valence-corrected chi connectivity index (χ1v) is 8.22. The Hall–Kier alpha value is -2.79. The summed E-state index contributed by atoms with van der Waals surface area (Å²) < 4.78 is 5.39. The van der Waals surface area contributed by atoms with E-state index in [9.17, 15) is 0 Å². The molecule has 0 aliphatic heterocycles. The maximum absolute atomic E-state index is 6.20. The van der Waals surface area contributed by atoms with Gasteiger partial charge in [-0.15, -0.1) is 0 Å². The number of methoxy groups -OCH3 is 1. The summed E-state index contributed by atoms with van der Waals surface area (Å²) in [6.45, 7) is 3.93. The molecule has 2 N–H and O–H groups in total. The SMILES string of the molecule is COc1ccc(C)cc1Nc1nc(C)cc(Nc2ccccc2Cl)n1. The number of rotatable bonds is 5. The Labute approximate surface area is 152 Å². The molecule has 0 radical (unpaired) electrons. The lowest BCUT2D eigenvalue weighted by molar-refractivity contribution is 0.416. The van der Waals surface area contributed by atoms with Gasteiger partial charge in [0.05, 0.1) is 23.5 Å². The molecule has 0 fully saturated rings. The van der Waals surface area contributed by atoms with Crippen molar-refractivity contribution < 1.29 is 4.74 Å². The summed E-state index contributed by atoms with van der Waals surface area (Å²) in [5, 5.41) is 7.08. The molecule has 128 valence electrons. The smallest absolute Gasteiger partial charge is 0.229 e. The zero-order valence-electron chi connectivity index (χ0n) is 14.3. The number of para-hydroxylation sites is 1. The van der Waals surface area contributed by atoms with E-state index < -0.39 is 0 Å². The molecule has 0 aliphatic rings. The Morgan fingerprint density at radius 1 is 0.920 bits per heavy atom. The van der Waals surface area contributed by atoms with Crippen LogP contribution in [0.25, 0.3) is 0 Å². The molecule has 0 aliphatic carbocycles. The van der Waals surface area contributed by atoms with Crippen molar-refractivity contribution in [2.24, 2.45) is 0 Å². The molecule has 0 spiro atoms. The van der Waals surface area contributed by atoms with Crippen LogP contribution in [-0.4, -0.2) is 17.1 Å². The van der Waals surface area contributed by atoms with Gasteiger partial charge in [-0.25, -0.2) is 4.98 Å². The Kier molecular flexibility index (Phi) is 5.05. The summed E-state index contributed by atoms with van der Waals surface area (Å²) in [7, 11) is 1.64. The number of nitrogens with zero attached hydrogens (tertiary/aromatic N) is 2. The van der Waals surface area contributed by atoms with E-state index in [1.165, 1.54) is 0 Å². The highest BCUT2D eigenvalue weighted by atomic mass is 35.5. The molecule has 0 bridgehead atoms. The zero-order valence-corrected chi connectivity index (χ0v) is 15.1. The van der Waals surface area contributed by atoms with Crippen molar-refractivity contribution in [3.05, 3.63) is 64.8 Å². The summed E-state index contributed by atoms with van der Waals surface area (Å²) in [6, 6.07) is 15.3. The predicted molar refractivity (Wildman–Crippen MR) is 103 cm³/mol. The van der Waals surface area contributed by atoms with Gasteiger partial charge in [0.15, 0.2) is 0 Å². The minimum Gasteiger partial charge on any atom is -0.495 e. The molecule has 3 rings (SSSR count). The van der Waals surface area contributed by atoms with E-state index in [0.717, 1.165) is 28.4 Å². The van der Waals surface area contributed by atoms with Gasteiger partial charge in [0.1, 0.15) is 11.6 Å². The summed E-state index contributed by atoms with van der Waals surface area (Å²) in [5.41, 5.74) is 3.56. The second-order valence-corrected chi connectivity index (χ2v) is 6.06. The second kappa shape index (κ2) is 7.40. The van der Waals surface area contributed by atoms with Crippen LogP contribution in [0.1, 0.15) is 11.3 Å². The maximum Gasteiger partial charge on any atom is 0.229 e. The Morgan fingerprint density at radius 3 is 2.48 bits per heavy atom. The van der Waals surface area contributed by atoms with Crippen LogP contribution in [0.3, 0.4) is 0 Å². The highest BCUT2D eigenvalue weighted by molar-refractivity contribution is 6.33. The van der Waals surface area contributed by atoms with Gasteiger partial charge in [0.2, 0.25) is 5.95 Å². The molecule has 2 aromatic carbocycles. The first kappa shape index (κ1) is 17.0. The van der Waals surface area contributed by atoms with Crippen molar-refractivity contribution in [3.63, 3.8) is 0 Å². The van der Waals surface area contributed by atoms with E-state index in [1.54, 1.807) is 7.11 Å². The fraction of sp³-hybridized carbons (Fsp3) is 0.158. The van der Waals surface area contributed by atoms with E-state index >= 15 is 0 Å². The first-order valence-electron chi connectivity index (χ1n) is 7.84. The van der Waals surface area contributed by atoms with Crippen LogP contribution in [0.15, 0.2) is 48.5 Å². The molecule has 6 heteroatoms. The standard InChI is InChI=1S/C19H19ClN4O/c1-12-8-9-17(25-3)16(10-12)23-19-21-13(2)11-18(24-19)22-15-7-5-4-6-14(15)20/h4-11H,1-3H3,(H2,21,22,23,24). The molecule has 1 heterocycles. The number of anilines is 4. The lowest BCUT2D eigenvalue weighted by atomic mass is 10.2. The lowest BCUT2D eigenvalue weighted by Crippen LogP contribution is -2.03. The average Bonchev–Trinajstić information content (AvgIpc) is 2.57. The monoisotopic (exact) mass is 354 g/mol. The van der Waals surface area contributed by atoms with Crippen molar-refractivity contribution >= 4 is 34.7 Å². The summed E-state index contributed by atoms with van der Waals surface area (Å²) in [6.07, 6.45) is 0. The van der Waals surface area contributed by atoms with E-state index in [-0.39, 0.29) is 0 Å².